The molecule has 1 heterocycles. The van der Waals surface area contributed by atoms with Crippen molar-refractivity contribution in [1.82, 2.24) is 10.2 Å². The molecule has 1 aliphatic carbocycles. The van der Waals surface area contributed by atoms with Crippen LogP contribution in [0.15, 0.2) is 36.4 Å². The molecule has 0 spiro atoms. The number of carbonyl (C=O) groups excluding carboxylic acids is 3. The van der Waals surface area contributed by atoms with Gasteiger partial charge in [0.2, 0.25) is 5.91 Å². The van der Waals surface area contributed by atoms with E-state index in [-0.39, 0.29) is 12.5 Å². The average molecular weight is 420 g/mol. The molecule has 1 atom stereocenters. The maximum absolute atomic E-state index is 13.2. The number of carbonyl (C=O) groups is 3. The molecule has 0 radical (unpaired) electrons. The summed E-state index contributed by atoms with van der Waals surface area (Å²) in [5.41, 5.74) is 4.85. The van der Waals surface area contributed by atoms with Crippen LogP contribution in [0.25, 0.3) is 0 Å². The highest BCUT2D eigenvalue weighted by atomic mass is 16.2. The van der Waals surface area contributed by atoms with E-state index in [1.54, 1.807) is 6.92 Å². The Kier molecular flexibility index (Phi) is 5.33. The normalized spacial score (nSPS) is 20.2. The first-order chi connectivity index (χ1) is 14.7. The molecule has 1 saturated heterocycles. The number of benzene rings is 2. The zero-order valence-corrected chi connectivity index (χ0v) is 18.5. The van der Waals surface area contributed by atoms with Crippen molar-refractivity contribution in [3.63, 3.8) is 0 Å². The van der Waals surface area contributed by atoms with Gasteiger partial charge in [0.05, 0.1) is 0 Å². The molecule has 0 unspecified atom stereocenters. The Hall–Kier alpha value is -3.15. The topological polar surface area (TPSA) is 78.5 Å². The second-order valence-electron chi connectivity index (χ2n) is 9.03. The molecule has 4 amide bonds. The molecule has 0 bridgehead atoms. The van der Waals surface area contributed by atoms with Crippen LogP contribution in [0.2, 0.25) is 0 Å². The molecule has 1 fully saturated rings. The number of nitrogens with one attached hydrogen (secondary N) is 2. The number of amides is 4. The van der Waals surface area contributed by atoms with Gasteiger partial charge in [-0.2, -0.15) is 0 Å². The number of aryl methyl sites for hydroxylation is 3. The molecular formula is C25H29N3O3. The van der Waals surface area contributed by atoms with Gasteiger partial charge in [-0.1, -0.05) is 50.2 Å². The smallest absolute Gasteiger partial charge is 0.324 e. The van der Waals surface area contributed by atoms with Crippen molar-refractivity contribution in [2.75, 3.05) is 11.9 Å². The zero-order chi connectivity index (χ0) is 22.3. The highest BCUT2D eigenvalue weighted by Gasteiger charge is 2.49. The van der Waals surface area contributed by atoms with E-state index in [2.05, 4.69) is 24.5 Å². The molecule has 6 nitrogen and oxygen atoms in total. The third kappa shape index (κ3) is 3.71. The lowest BCUT2D eigenvalue weighted by molar-refractivity contribution is -0.133. The van der Waals surface area contributed by atoms with E-state index in [0.29, 0.717) is 0 Å². The number of rotatable bonds is 5. The van der Waals surface area contributed by atoms with E-state index in [0.717, 1.165) is 46.5 Å². The fourth-order valence-electron chi connectivity index (χ4n) is 4.58. The van der Waals surface area contributed by atoms with Crippen LogP contribution in [0.4, 0.5) is 10.5 Å². The van der Waals surface area contributed by atoms with Crippen LogP contribution in [0.1, 0.15) is 60.9 Å². The first-order valence-corrected chi connectivity index (χ1v) is 10.9. The summed E-state index contributed by atoms with van der Waals surface area (Å²) in [7, 11) is 0. The summed E-state index contributed by atoms with van der Waals surface area (Å²) in [6.45, 7) is 7.44. The summed E-state index contributed by atoms with van der Waals surface area (Å²) in [6.07, 6.45) is 3.15. The zero-order valence-electron chi connectivity index (χ0n) is 18.5. The molecule has 0 saturated carbocycles. The molecule has 2 N–H and O–H groups in total. The van der Waals surface area contributed by atoms with Crippen LogP contribution >= 0.6 is 0 Å². The number of anilines is 1. The molecule has 2 aromatic carbocycles. The van der Waals surface area contributed by atoms with Gasteiger partial charge in [0.1, 0.15) is 12.1 Å². The Balaban J connectivity index is 1.53. The highest BCUT2D eigenvalue weighted by Crippen LogP contribution is 2.33. The number of fused-ring (bicyclic) bond motifs is 1. The summed E-state index contributed by atoms with van der Waals surface area (Å²) in [5.74, 6) is -0.563. The second-order valence-corrected chi connectivity index (χ2v) is 9.03. The van der Waals surface area contributed by atoms with Gasteiger partial charge in [-0.05, 0) is 66.8 Å². The predicted octanol–water partition coefficient (Wildman–Crippen LogP) is 4.01. The van der Waals surface area contributed by atoms with Gasteiger partial charge < -0.3 is 10.6 Å². The Bertz CT molecular complexity index is 1080. The maximum atomic E-state index is 13.2. The molecule has 0 aromatic heterocycles. The summed E-state index contributed by atoms with van der Waals surface area (Å²) in [4.78, 5) is 39.7. The Morgan fingerprint density at radius 2 is 1.90 bits per heavy atom. The number of nitrogens with zero attached hydrogens (tertiary/aromatic N) is 1. The SMILES string of the molecule is Cc1cccc(C(C)C)c1NC(=O)CN1C(=O)N[C@](C)(c2ccc3c(c2)CCC3)C1=O. The maximum Gasteiger partial charge on any atom is 0.325 e. The van der Waals surface area contributed by atoms with Crippen molar-refractivity contribution in [3.05, 3.63) is 64.2 Å². The van der Waals surface area contributed by atoms with Crippen molar-refractivity contribution in [1.29, 1.82) is 0 Å². The van der Waals surface area contributed by atoms with Gasteiger partial charge in [-0.25, -0.2) is 4.79 Å². The molecule has 2 aliphatic rings. The van der Waals surface area contributed by atoms with Crippen molar-refractivity contribution >= 4 is 23.5 Å². The molecule has 31 heavy (non-hydrogen) atoms. The Morgan fingerprint density at radius 1 is 1.16 bits per heavy atom. The molecular weight excluding hydrogens is 390 g/mol. The number of para-hydroxylation sites is 1. The summed E-state index contributed by atoms with van der Waals surface area (Å²) in [6, 6.07) is 11.3. The number of urea groups is 1. The Morgan fingerprint density at radius 3 is 2.65 bits per heavy atom. The molecule has 1 aliphatic heterocycles. The molecule has 4 rings (SSSR count). The van der Waals surface area contributed by atoms with Crippen molar-refractivity contribution in [2.24, 2.45) is 0 Å². The van der Waals surface area contributed by atoms with Crippen LogP contribution in [0.5, 0.6) is 0 Å². The predicted molar refractivity (Wildman–Crippen MR) is 120 cm³/mol. The third-order valence-electron chi connectivity index (χ3n) is 6.44. The first-order valence-electron chi connectivity index (χ1n) is 10.9. The summed E-state index contributed by atoms with van der Waals surface area (Å²) in [5, 5.41) is 5.72. The fraction of sp³-hybridized carbons (Fsp3) is 0.400. The molecule has 2 aromatic rings. The number of imide groups is 1. The third-order valence-corrected chi connectivity index (χ3v) is 6.44. The van der Waals surface area contributed by atoms with Gasteiger partial charge in [0, 0.05) is 5.69 Å². The van der Waals surface area contributed by atoms with Gasteiger partial charge in [0.25, 0.3) is 5.91 Å². The highest BCUT2D eigenvalue weighted by molar-refractivity contribution is 6.10. The monoisotopic (exact) mass is 419 g/mol. The fourth-order valence-corrected chi connectivity index (χ4v) is 4.58. The van der Waals surface area contributed by atoms with Gasteiger partial charge >= 0.3 is 6.03 Å². The minimum absolute atomic E-state index is 0.231. The van der Waals surface area contributed by atoms with Gasteiger partial charge in [0.15, 0.2) is 0 Å². The van der Waals surface area contributed by atoms with Crippen molar-refractivity contribution < 1.29 is 14.4 Å². The van der Waals surface area contributed by atoms with Gasteiger partial charge in [-0.15, -0.1) is 0 Å². The van der Waals surface area contributed by atoms with Crippen LogP contribution < -0.4 is 10.6 Å². The van der Waals surface area contributed by atoms with E-state index >= 15 is 0 Å². The lowest BCUT2D eigenvalue weighted by atomic mass is 9.89. The van der Waals surface area contributed by atoms with Crippen LogP contribution in [-0.2, 0) is 28.0 Å². The quantitative estimate of drug-likeness (QED) is 0.719. The lowest BCUT2D eigenvalue weighted by Gasteiger charge is -2.23. The first kappa shape index (κ1) is 21.1. The van der Waals surface area contributed by atoms with E-state index in [4.69, 9.17) is 0 Å². The van der Waals surface area contributed by atoms with Crippen molar-refractivity contribution in [3.8, 4) is 0 Å². The summed E-state index contributed by atoms with van der Waals surface area (Å²) < 4.78 is 0. The van der Waals surface area contributed by atoms with Crippen LogP contribution in [0, 0.1) is 6.92 Å². The average Bonchev–Trinajstić information content (AvgIpc) is 3.27. The van der Waals surface area contributed by atoms with E-state index in [9.17, 15) is 14.4 Å². The second kappa shape index (κ2) is 7.84. The lowest BCUT2D eigenvalue weighted by Crippen LogP contribution is -2.42. The number of hydrogen-bond acceptors (Lipinski definition) is 3. The van der Waals surface area contributed by atoms with Crippen molar-refractivity contribution in [2.45, 2.75) is 58.4 Å². The van der Waals surface area contributed by atoms with Crippen LogP contribution in [0.3, 0.4) is 0 Å². The van der Waals surface area contributed by atoms with E-state index in [1.165, 1.54) is 11.1 Å². The van der Waals surface area contributed by atoms with E-state index < -0.39 is 23.4 Å². The summed E-state index contributed by atoms with van der Waals surface area (Å²) >= 11 is 0. The number of hydrogen-bond donors (Lipinski definition) is 2. The molecule has 162 valence electrons. The minimum Gasteiger partial charge on any atom is -0.324 e. The van der Waals surface area contributed by atoms with Crippen LogP contribution in [-0.4, -0.2) is 29.3 Å². The standard InChI is InChI=1S/C25H29N3O3/c1-15(2)20-10-5-7-16(3)22(20)26-21(29)14-28-23(30)25(4,27-24(28)31)19-12-11-17-8-6-9-18(17)13-19/h5,7,10-13,15H,6,8-9,14H2,1-4H3,(H,26,29)(H,27,31)/t25-/m1/s1. The van der Waals surface area contributed by atoms with Gasteiger partial charge in [-0.3, -0.25) is 14.5 Å². The Labute approximate surface area is 183 Å². The minimum atomic E-state index is -1.17. The largest absolute Gasteiger partial charge is 0.325 e. The molecule has 6 heteroatoms. The van der Waals surface area contributed by atoms with E-state index in [1.807, 2.05) is 43.3 Å².